The summed E-state index contributed by atoms with van der Waals surface area (Å²) in [4.78, 5) is 0. The fourth-order valence-corrected chi connectivity index (χ4v) is 1.16. The van der Waals surface area contributed by atoms with Gasteiger partial charge in [0.25, 0.3) is 0 Å². The highest BCUT2D eigenvalue weighted by Crippen LogP contribution is 1.93. The van der Waals surface area contributed by atoms with Crippen LogP contribution >= 0.6 is 0 Å². The summed E-state index contributed by atoms with van der Waals surface area (Å²) in [5.41, 5.74) is 0. The molecule has 0 saturated heterocycles. The van der Waals surface area contributed by atoms with E-state index in [2.05, 4.69) is 17.6 Å². The minimum Gasteiger partial charge on any atom is -0.396 e. The van der Waals surface area contributed by atoms with Crippen molar-refractivity contribution in [2.75, 3.05) is 33.5 Å². The number of aliphatic hydroxyl groups is 1. The van der Waals surface area contributed by atoms with Gasteiger partial charge in [-0.05, 0) is 32.9 Å². The largest absolute Gasteiger partial charge is 0.396 e. The Kier molecular flexibility index (Phi) is 9.29. The Labute approximate surface area is 87.0 Å². The molecular formula is C10H24N2O2. The second-order valence-electron chi connectivity index (χ2n) is 3.80. The second kappa shape index (κ2) is 9.40. The van der Waals surface area contributed by atoms with Crippen molar-refractivity contribution in [3.63, 3.8) is 0 Å². The van der Waals surface area contributed by atoms with Crippen LogP contribution in [0, 0.1) is 5.92 Å². The Morgan fingerprint density at radius 1 is 1.36 bits per heavy atom. The Balaban J connectivity index is 3.19. The van der Waals surface area contributed by atoms with Gasteiger partial charge in [0, 0.05) is 12.6 Å². The molecule has 14 heavy (non-hydrogen) atoms. The summed E-state index contributed by atoms with van der Waals surface area (Å²) < 4.78 is 5.43. The standard InChI is InChI=1S/C10H24N2O2/c1-9(6-11-3)7-14-8-12-10(2)4-5-13/h9-13H,4-8H2,1-3H3. The first kappa shape index (κ1) is 13.8. The van der Waals surface area contributed by atoms with Gasteiger partial charge in [0.2, 0.25) is 0 Å². The molecule has 0 fully saturated rings. The summed E-state index contributed by atoms with van der Waals surface area (Å²) in [6.07, 6.45) is 0.773. The lowest BCUT2D eigenvalue weighted by molar-refractivity contribution is 0.0818. The summed E-state index contributed by atoms with van der Waals surface area (Å²) in [7, 11) is 1.94. The number of hydrogen-bond acceptors (Lipinski definition) is 4. The molecule has 0 aliphatic heterocycles. The van der Waals surface area contributed by atoms with E-state index in [4.69, 9.17) is 9.84 Å². The van der Waals surface area contributed by atoms with E-state index in [0.29, 0.717) is 18.7 Å². The van der Waals surface area contributed by atoms with Crippen molar-refractivity contribution in [3.8, 4) is 0 Å². The highest BCUT2D eigenvalue weighted by molar-refractivity contribution is 4.57. The van der Waals surface area contributed by atoms with Gasteiger partial charge in [-0.2, -0.15) is 0 Å². The Morgan fingerprint density at radius 2 is 2.07 bits per heavy atom. The van der Waals surface area contributed by atoms with Gasteiger partial charge in [-0.1, -0.05) is 6.92 Å². The van der Waals surface area contributed by atoms with E-state index in [0.717, 1.165) is 19.6 Å². The van der Waals surface area contributed by atoms with Crippen LogP contribution < -0.4 is 10.6 Å². The first-order valence-electron chi connectivity index (χ1n) is 5.27. The molecule has 2 atom stereocenters. The Morgan fingerprint density at radius 3 is 2.64 bits per heavy atom. The van der Waals surface area contributed by atoms with Gasteiger partial charge in [-0.15, -0.1) is 0 Å². The normalized spacial score (nSPS) is 15.4. The van der Waals surface area contributed by atoms with Crippen LogP contribution in [0.3, 0.4) is 0 Å². The third-order valence-corrected chi connectivity index (χ3v) is 2.05. The molecule has 0 aliphatic rings. The van der Waals surface area contributed by atoms with Gasteiger partial charge in [-0.25, -0.2) is 0 Å². The third kappa shape index (κ3) is 8.44. The van der Waals surface area contributed by atoms with Crippen molar-refractivity contribution in [1.82, 2.24) is 10.6 Å². The maximum Gasteiger partial charge on any atom is 0.0967 e. The van der Waals surface area contributed by atoms with Crippen LogP contribution in [0.5, 0.6) is 0 Å². The molecule has 4 nitrogen and oxygen atoms in total. The number of ether oxygens (including phenoxy) is 1. The van der Waals surface area contributed by atoms with Gasteiger partial charge in [0.1, 0.15) is 0 Å². The van der Waals surface area contributed by atoms with E-state index in [-0.39, 0.29) is 6.61 Å². The highest BCUT2D eigenvalue weighted by atomic mass is 16.5. The van der Waals surface area contributed by atoms with Crippen molar-refractivity contribution in [2.45, 2.75) is 26.3 Å². The van der Waals surface area contributed by atoms with Crippen LogP contribution in [0.25, 0.3) is 0 Å². The van der Waals surface area contributed by atoms with Crippen LogP contribution in [0.2, 0.25) is 0 Å². The summed E-state index contributed by atoms with van der Waals surface area (Å²) in [5, 5.41) is 14.9. The van der Waals surface area contributed by atoms with E-state index in [1.165, 1.54) is 0 Å². The number of rotatable bonds is 9. The van der Waals surface area contributed by atoms with Gasteiger partial charge >= 0.3 is 0 Å². The zero-order chi connectivity index (χ0) is 10.8. The molecule has 0 saturated carbocycles. The predicted molar refractivity (Wildman–Crippen MR) is 58.2 cm³/mol. The van der Waals surface area contributed by atoms with Crippen LogP contribution in [0.1, 0.15) is 20.3 Å². The van der Waals surface area contributed by atoms with Gasteiger partial charge in [-0.3, -0.25) is 5.32 Å². The SMILES string of the molecule is CNCC(C)COCNC(C)CCO. The molecule has 4 heteroatoms. The summed E-state index contributed by atoms with van der Waals surface area (Å²) in [6, 6.07) is 0.319. The third-order valence-electron chi connectivity index (χ3n) is 2.05. The minimum atomic E-state index is 0.227. The molecule has 0 radical (unpaired) electrons. The molecule has 0 amide bonds. The van der Waals surface area contributed by atoms with Crippen LogP contribution in [-0.4, -0.2) is 44.7 Å². The van der Waals surface area contributed by atoms with Crippen LogP contribution in [-0.2, 0) is 4.74 Å². The number of hydrogen-bond donors (Lipinski definition) is 3. The molecular weight excluding hydrogens is 180 g/mol. The van der Waals surface area contributed by atoms with E-state index in [9.17, 15) is 0 Å². The van der Waals surface area contributed by atoms with E-state index in [1.807, 2.05) is 14.0 Å². The quantitative estimate of drug-likeness (QED) is 0.370. The minimum absolute atomic E-state index is 0.227. The Bertz CT molecular complexity index is 109. The maximum absolute atomic E-state index is 8.66. The lowest BCUT2D eigenvalue weighted by atomic mass is 10.2. The van der Waals surface area contributed by atoms with Gasteiger partial charge in [0.15, 0.2) is 0 Å². The number of nitrogens with one attached hydrogen (secondary N) is 2. The smallest absolute Gasteiger partial charge is 0.0967 e. The summed E-state index contributed by atoms with van der Waals surface area (Å²) >= 11 is 0. The molecule has 0 heterocycles. The summed E-state index contributed by atoms with van der Waals surface area (Å²) in [5.74, 6) is 0.537. The Hall–Kier alpha value is -0.160. The van der Waals surface area contributed by atoms with E-state index < -0.39 is 0 Å². The molecule has 0 aromatic rings. The van der Waals surface area contributed by atoms with E-state index in [1.54, 1.807) is 0 Å². The van der Waals surface area contributed by atoms with Crippen molar-refractivity contribution in [1.29, 1.82) is 0 Å². The van der Waals surface area contributed by atoms with Gasteiger partial charge in [0.05, 0.1) is 13.3 Å². The zero-order valence-corrected chi connectivity index (χ0v) is 9.55. The monoisotopic (exact) mass is 204 g/mol. The van der Waals surface area contributed by atoms with Crippen molar-refractivity contribution < 1.29 is 9.84 Å². The van der Waals surface area contributed by atoms with Crippen LogP contribution in [0.15, 0.2) is 0 Å². The van der Waals surface area contributed by atoms with Crippen molar-refractivity contribution >= 4 is 0 Å². The highest BCUT2D eigenvalue weighted by Gasteiger charge is 2.01. The average Bonchev–Trinajstić information content (AvgIpc) is 2.13. The molecule has 0 rings (SSSR count). The average molecular weight is 204 g/mol. The molecule has 2 unspecified atom stereocenters. The lowest BCUT2D eigenvalue weighted by Crippen LogP contribution is -2.31. The van der Waals surface area contributed by atoms with Gasteiger partial charge < -0.3 is 15.2 Å². The molecule has 0 bridgehead atoms. The zero-order valence-electron chi connectivity index (χ0n) is 9.55. The first-order chi connectivity index (χ1) is 6.70. The van der Waals surface area contributed by atoms with Crippen molar-refractivity contribution in [3.05, 3.63) is 0 Å². The fraction of sp³-hybridized carbons (Fsp3) is 1.00. The molecule has 86 valence electrons. The van der Waals surface area contributed by atoms with E-state index >= 15 is 0 Å². The number of aliphatic hydroxyl groups excluding tert-OH is 1. The second-order valence-corrected chi connectivity index (χ2v) is 3.80. The van der Waals surface area contributed by atoms with Crippen LogP contribution in [0.4, 0.5) is 0 Å². The first-order valence-corrected chi connectivity index (χ1v) is 5.27. The molecule has 0 aromatic carbocycles. The fourth-order valence-electron chi connectivity index (χ4n) is 1.16. The maximum atomic E-state index is 8.66. The topological polar surface area (TPSA) is 53.5 Å². The van der Waals surface area contributed by atoms with Crippen molar-refractivity contribution in [2.24, 2.45) is 5.92 Å². The lowest BCUT2D eigenvalue weighted by Gasteiger charge is -2.15. The summed E-state index contributed by atoms with van der Waals surface area (Å²) in [6.45, 7) is 6.72. The predicted octanol–water partition coefficient (Wildman–Crippen LogP) is 0.177. The molecule has 0 spiro atoms. The molecule has 3 N–H and O–H groups in total. The molecule has 0 aromatic heterocycles. The molecule has 0 aliphatic carbocycles.